The first kappa shape index (κ1) is 16.4. The Morgan fingerprint density at radius 1 is 1.32 bits per heavy atom. The molecule has 0 aliphatic heterocycles. The van der Waals surface area contributed by atoms with Gasteiger partial charge in [0.05, 0.1) is 13.2 Å². The van der Waals surface area contributed by atoms with E-state index in [0.717, 1.165) is 6.42 Å². The average molecular weight is 290 g/mol. The van der Waals surface area contributed by atoms with Crippen molar-refractivity contribution in [2.75, 3.05) is 34.0 Å². The summed E-state index contributed by atoms with van der Waals surface area (Å²) in [6.07, 6.45) is 1.41. The van der Waals surface area contributed by atoms with Crippen molar-refractivity contribution < 1.29 is 13.9 Å². The van der Waals surface area contributed by atoms with Crippen LogP contribution in [0, 0.1) is 5.82 Å². The van der Waals surface area contributed by atoms with Crippen molar-refractivity contribution in [3.63, 3.8) is 0 Å². The van der Waals surface area contributed by atoms with Gasteiger partial charge in [-0.2, -0.15) is 0 Å². The van der Waals surface area contributed by atoms with Crippen LogP contribution in [-0.4, -0.2) is 40.0 Å². The highest BCUT2D eigenvalue weighted by molar-refractivity contribution is 6.30. The van der Waals surface area contributed by atoms with Gasteiger partial charge >= 0.3 is 0 Å². The zero-order chi connectivity index (χ0) is 14.1. The highest BCUT2D eigenvalue weighted by atomic mass is 35.5. The van der Waals surface area contributed by atoms with Crippen molar-refractivity contribution in [1.82, 2.24) is 5.32 Å². The summed E-state index contributed by atoms with van der Waals surface area (Å²) in [4.78, 5) is 0. The van der Waals surface area contributed by atoms with E-state index in [-0.39, 0.29) is 11.9 Å². The van der Waals surface area contributed by atoms with Crippen molar-refractivity contribution >= 4 is 11.6 Å². The number of nitrogens with one attached hydrogen (secondary N) is 1. The molecule has 0 aliphatic carbocycles. The Balaban J connectivity index is 2.41. The van der Waals surface area contributed by atoms with E-state index in [1.807, 2.05) is 7.05 Å². The van der Waals surface area contributed by atoms with Crippen molar-refractivity contribution in [3.8, 4) is 0 Å². The fourth-order valence-electron chi connectivity index (χ4n) is 1.78. The van der Waals surface area contributed by atoms with Crippen LogP contribution in [0.5, 0.6) is 0 Å². The highest BCUT2D eigenvalue weighted by Crippen LogP contribution is 2.17. The lowest BCUT2D eigenvalue weighted by atomic mass is 10.0. The number of likely N-dealkylation sites (N-methyl/N-ethyl adjacent to an activating group) is 1. The van der Waals surface area contributed by atoms with Gasteiger partial charge in [0.15, 0.2) is 0 Å². The lowest BCUT2D eigenvalue weighted by Crippen LogP contribution is -2.29. The molecule has 1 aromatic rings. The highest BCUT2D eigenvalue weighted by Gasteiger charge is 2.11. The molecule has 0 spiro atoms. The molecule has 1 rings (SSSR count). The number of halogens is 2. The Labute approximate surface area is 119 Å². The van der Waals surface area contributed by atoms with Gasteiger partial charge in [0.1, 0.15) is 5.82 Å². The van der Waals surface area contributed by atoms with E-state index in [9.17, 15) is 4.39 Å². The summed E-state index contributed by atoms with van der Waals surface area (Å²) in [5, 5.41) is 3.73. The lowest BCUT2D eigenvalue weighted by molar-refractivity contribution is 0.0661. The largest absolute Gasteiger partial charge is 0.382 e. The van der Waals surface area contributed by atoms with Gasteiger partial charge in [0, 0.05) is 24.8 Å². The summed E-state index contributed by atoms with van der Waals surface area (Å²) in [5.41, 5.74) is 0.628. The Bertz CT molecular complexity index is 376. The van der Waals surface area contributed by atoms with Crippen molar-refractivity contribution in [1.29, 1.82) is 0 Å². The molecular formula is C14H21ClFNO2. The van der Waals surface area contributed by atoms with Crippen LogP contribution in [0.3, 0.4) is 0 Å². The van der Waals surface area contributed by atoms with E-state index in [1.54, 1.807) is 19.2 Å². The number of benzene rings is 1. The van der Waals surface area contributed by atoms with Gasteiger partial charge in [-0.1, -0.05) is 11.6 Å². The molecule has 1 atom stereocenters. The molecule has 0 amide bonds. The number of ether oxygens (including phenoxy) is 2. The zero-order valence-corrected chi connectivity index (χ0v) is 12.2. The van der Waals surface area contributed by atoms with Gasteiger partial charge in [-0.25, -0.2) is 4.39 Å². The summed E-state index contributed by atoms with van der Waals surface area (Å²) in [5.74, 6) is -0.218. The van der Waals surface area contributed by atoms with Gasteiger partial charge in [0.25, 0.3) is 0 Å². The minimum atomic E-state index is -0.218. The summed E-state index contributed by atoms with van der Waals surface area (Å²) in [6.45, 7) is 1.79. The molecular weight excluding hydrogens is 269 g/mol. The molecule has 0 radical (unpaired) electrons. The average Bonchev–Trinajstić information content (AvgIpc) is 2.41. The van der Waals surface area contributed by atoms with Gasteiger partial charge in [0.2, 0.25) is 0 Å². The number of hydrogen-bond donors (Lipinski definition) is 1. The Morgan fingerprint density at radius 3 is 2.79 bits per heavy atom. The molecule has 5 heteroatoms. The molecule has 1 N–H and O–H groups in total. The van der Waals surface area contributed by atoms with Crippen LogP contribution in [-0.2, 0) is 15.9 Å². The molecule has 0 saturated carbocycles. The first-order valence-corrected chi connectivity index (χ1v) is 6.73. The Kier molecular flexibility index (Phi) is 7.98. The van der Waals surface area contributed by atoms with Crippen molar-refractivity contribution in [2.45, 2.75) is 18.9 Å². The first-order valence-electron chi connectivity index (χ1n) is 6.35. The number of methoxy groups -OCH3 is 1. The Hall–Kier alpha value is -0.680. The van der Waals surface area contributed by atoms with Crippen LogP contribution in [0.2, 0.25) is 5.02 Å². The van der Waals surface area contributed by atoms with Crippen LogP contribution >= 0.6 is 11.6 Å². The van der Waals surface area contributed by atoms with Crippen LogP contribution in [0.15, 0.2) is 18.2 Å². The Morgan fingerprint density at radius 2 is 2.11 bits per heavy atom. The molecule has 1 unspecified atom stereocenters. The van der Waals surface area contributed by atoms with Gasteiger partial charge < -0.3 is 14.8 Å². The van der Waals surface area contributed by atoms with Gasteiger partial charge in [-0.05, 0) is 43.7 Å². The third-order valence-corrected chi connectivity index (χ3v) is 3.16. The maximum atomic E-state index is 13.6. The minimum absolute atomic E-state index is 0.163. The van der Waals surface area contributed by atoms with E-state index in [4.69, 9.17) is 21.1 Å². The summed E-state index contributed by atoms with van der Waals surface area (Å²) >= 11 is 5.88. The molecule has 0 heterocycles. The monoisotopic (exact) mass is 289 g/mol. The van der Waals surface area contributed by atoms with Crippen LogP contribution in [0.1, 0.15) is 12.0 Å². The summed E-state index contributed by atoms with van der Waals surface area (Å²) in [6, 6.07) is 4.80. The van der Waals surface area contributed by atoms with E-state index in [2.05, 4.69) is 5.32 Å². The van der Waals surface area contributed by atoms with Gasteiger partial charge in [-0.3, -0.25) is 0 Å². The second-order valence-corrected chi connectivity index (χ2v) is 4.76. The molecule has 108 valence electrons. The van der Waals surface area contributed by atoms with Crippen LogP contribution in [0.4, 0.5) is 4.39 Å². The van der Waals surface area contributed by atoms with E-state index >= 15 is 0 Å². The quantitative estimate of drug-likeness (QED) is 0.709. The minimum Gasteiger partial charge on any atom is -0.382 e. The molecule has 0 aliphatic rings. The molecule has 3 nitrogen and oxygen atoms in total. The van der Waals surface area contributed by atoms with Crippen molar-refractivity contribution in [3.05, 3.63) is 34.6 Å². The predicted molar refractivity (Wildman–Crippen MR) is 75.3 cm³/mol. The molecule has 0 aromatic heterocycles. The SMILES string of the molecule is CNC(CCOCCOC)Cc1cc(Cl)ccc1F. The predicted octanol–water partition coefficient (Wildman–Crippen LogP) is 2.66. The summed E-state index contributed by atoms with van der Waals surface area (Å²) in [7, 11) is 3.50. The smallest absolute Gasteiger partial charge is 0.126 e. The molecule has 0 fully saturated rings. The second-order valence-electron chi connectivity index (χ2n) is 4.32. The second kappa shape index (κ2) is 9.26. The molecule has 0 bridgehead atoms. The third-order valence-electron chi connectivity index (χ3n) is 2.92. The maximum Gasteiger partial charge on any atom is 0.126 e. The van der Waals surface area contributed by atoms with E-state index in [1.165, 1.54) is 6.07 Å². The maximum absolute atomic E-state index is 13.6. The zero-order valence-electron chi connectivity index (χ0n) is 11.4. The summed E-state index contributed by atoms with van der Waals surface area (Å²) < 4.78 is 23.9. The molecule has 1 aromatic carbocycles. The van der Waals surface area contributed by atoms with Crippen LogP contribution < -0.4 is 5.32 Å². The van der Waals surface area contributed by atoms with E-state index in [0.29, 0.717) is 36.8 Å². The lowest BCUT2D eigenvalue weighted by Gasteiger charge is -2.17. The standard InChI is InChI=1S/C14H21ClFNO2/c1-17-13(5-6-19-8-7-18-2)10-11-9-12(15)3-4-14(11)16/h3-4,9,13,17H,5-8,10H2,1-2H3. The fraction of sp³-hybridized carbons (Fsp3) is 0.571. The number of hydrogen-bond acceptors (Lipinski definition) is 3. The first-order chi connectivity index (χ1) is 9.17. The van der Waals surface area contributed by atoms with Crippen LogP contribution in [0.25, 0.3) is 0 Å². The molecule has 19 heavy (non-hydrogen) atoms. The third kappa shape index (κ3) is 6.34. The number of rotatable bonds is 9. The van der Waals surface area contributed by atoms with E-state index < -0.39 is 0 Å². The topological polar surface area (TPSA) is 30.5 Å². The molecule has 0 saturated heterocycles. The normalized spacial score (nSPS) is 12.6. The van der Waals surface area contributed by atoms with Crippen molar-refractivity contribution in [2.24, 2.45) is 0 Å². The van der Waals surface area contributed by atoms with Gasteiger partial charge in [-0.15, -0.1) is 0 Å². The fourth-order valence-corrected chi connectivity index (χ4v) is 1.98.